The van der Waals surface area contributed by atoms with Crippen molar-refractivity contribution in [2.45, 2.75) is 13.1 Å². The minimum atomic E-state index is -5.04. The fourth-order valence-corrected chi connectivity index (χ4v) is 1.51. The number of nitrogens with one attached hydrogen (secondary N) is 1. The van der Waals surface area contributed by atoms with Crippen LogP contribution in [0.25, 0.3) is 0 Å². The fraction of sp³-hybridized carbons (Fsp3) is 0.200. The van der Waals surface area contributed by atoms with Gasteiger partial charge in [-0.15, -0.1) is 0 Å². The van der Waals surface area contributed by atoms with Crippen LogP contribution >= 0.6 is 15.9 Å². The highest BCUT2D eigenvalue weighted by atomic mass is 79.9. The van der Waals surface area contributed by atoms with Gasteiger partial charge >= 0.3 is 18.1 Å². The smallest absolute Gasteiger partial charge is 0.471 e. The van der Waals surface area contributed by atoms with Gasteiger partial charge in [0.25, 0.3) is 0 Å². The Morgan fingerprint density at radius 2 is 1.89 bits per heavy atom. The van der Waals surface area contributed by atoms with Crippen molar-refractivity contribution in [3.05, 3.63) is 27.7 Å². The second-order valence-corrected chi connectivity index (χ2v) is 4.20. The zero-order chi connectivity index (χ0) is 14.1. The lowest BCUT2D eigenvalue weighted by Crippen LogP contribution is -2.30. The van der Waals surface area contributed by atoms with E-state index >= 15 is 0 Å². The zero-order valence-electron chi connectivity index (χ0n) is 8.93. The lowest BCUT2D eigenvalue weighted by atomic mass is 10.1. The number of carbonyl (C=O) groups excluding carboxylic acids is 1. The Hall–Kier alpha value is -1.57. The maximum absolute atomic E-state index is 12.1. The molecule has 4 nitrogen and oxygen atoms in total. The monoisotopic (exact) mass is 325 g/mol. The van der Waals surface area contributed by atoms with E-state index in [9.17, 15) is 22.8 Å². The molecule has 8 heteroatoms. The van der Waals surface area contributed by atoms with E-state index in [4.69, 9.17) is 5.11 Å². The number of anilines is 1. The summed E-state index contributed by atoms with van der Waals surface area (Å²) in [7, 11) is 0. The number of alkyl halides is 3. The van der Waals surface area contributed by atoms with Crippen LogP contribution in [-0.2, 0) is 4.79 Å². The Balaban J connectivity index is 3.17. The summed E-state index contributed by atoms with van der Waals surface area (Å²) in [6.07, 6.45) is -5.04. The van der Waals surface area contributed by atoms with Gasteiger partial charge in [0.2, 0.25) is 0 Å². The molecule has 18 heavy (non-hydrogen) atoms. The van der Waals surface area contributed by atoms with Gasteiger partial charge in [-0.2, -0.15) is 13.2 Å². The van der Waals surface area contributed by atoms with Crippen molar-refractivity contribution in [3.8, 4) is 0 Å². The normalized spacial score (nSPS) is 11.2. The van der Waals surface area contributed by atoms with Gasteiger partial charge in [0, 0.05) is 4.47 Å². The standard InChI is InChI=1S/C10H7BrF3NO3/c1-4-2-5(8(16)17)3-6(7(4)11)15-9(18)10(12,13)14/h2-3H,1H3,(H,15,18)(H,16,17). The molecule has 0 bridgehead atoms. The summed E-state index contributed by atoms with van der Waals surface area (Å²) in [4.78, 5) is 21.5. The molecule has 0 aliphatic heterocycles. The molecule has 0 heterocycles. The van der Waals surface area contributed by atoms with Gasteiger partial charge < -0.3 is 10.4 Å². The third-order valence-corrected chi connectivity index (χ3v) is 3.06. The van der Waals surface area contributed by atoms with E-state index in [0.29, 0.717) is 5.56 Å². The first kappa shape index (κ1) is 14.5. The van der Waals surface area contributed by atoms with Crippen LogP contribution in [0.3, 0.4) is 0 Å². The molecule has 98 valence electrons. The Labute approximate surface area is 108 Å². The summed E-state index contributed by atoms with van der Waals surface area (Å²) < 4.78 is 36.4. The molecule has 0 saturated carbocycles. The summed E-state index contributed by atoms with van der Waals surface area (Å²) in [5.41, 5.74) is -0.0599. The van der Waals surface area contributed by atoms with Crippen molar-refractivity contribution in [1.29, 1.82) is 0 Å². The average Bonchev–Trinajstić information content (AvgIpc) is 2.22. The predicted molar refractivity (Wildman–Crippen MR) is 60.5 cm³/mol. The molecule has 2 N–H and O–H groups in total. The molecule has 0 unspecified atom stereocenters. The van der Waals surface area contributed by atoms with Crippen molar-refractivity contribution in [1.82, 2.24) is 0 Å². The number of hydrogen-bond donors (Lipinski definition) is 2. The first-order valence-corrected chi connectivity index (χ1v) is 5.34. The van der Waals surface area contributed by atoms with E-state index in [1.54, 1.807) is 5.32 Å². The fourth-order valence-electron chi connectivity index (χ4n) is 1.18. The lowest BCUT2D eigenvalue weighted by Gasteiger charge is -2.12. The maximum Gasteiger partial charge on any atom is 0.471 e. The molecular formula is C10H7BrF3NO3. The van der Waals surface area contributed by atoms with Gasteiger partial charge in [0.1, 0.15) is 0 Å². The Morgan fingerprint density at radius 1 is 1.33 bits per heavy atom. The molecule has 1 rings (SSSR count). The second-order valence-electron chi connectivity index (χ2n) is 3.41. The molecule has 1 amide bonds. The Bertz CT molecular complexity index is 514. The summed E-state index contributed by atoms with van der Waals surface area (Å²) in [5, 5.41) is 10.4. The first-order valence-electron chi connectivity index (χ1n) is 4.54. The van der Waals surface area contributed by atoms with Crippen LogP contribution in [0.2, 0.25) is 0 Å². The molecule has 0 aromatic heterocycles. The van der Waals surface area contributed by atoms with Gasteiger partial charge in [-0.3, -0.25) is 4.79 Å². The molecule has 1 aromatic carbocycles. The highest BCUT2D eigenvalue weighted by Crippen LogP contribution is 2.29. The van der Waals surface area contributed by atoms with E-state index < -0.39 is 18.1 Å². The van der Waals surface area contributed by atoms with Crippen LogP contribution in [0.15, 0.2) is 16.6 Å². The van der Waals surface area contributed by atoms with E-state index in [1.807, 2.05) is 0 Å². The molecule has 0 spiro atoms. The van der Waals surface area contributed by atoms with Gasteiger partial charge in [0.05, 0.1) is 11.3 Å². The zero-order valence-corrected chi connectivity index (χ0v) is 10.5. The molecule has 0 radical (unpaired) electrons. The van der Waals surface area contributed by atoms with Crippen LogP contribution in [0, 0.1) is 6.92 Å². The number of hydrogen-bond acceptors (Lipinski definition) is 2. The van der Waals surface area contributed by atoms with Crippen LogP contribution in [0.1, 0.15) is 15.9 Å². The van der Waals surface area contributed by atoms with E-state index in [1.165, 1.54) is 13.0 Å². The molecule has 0 aliphatic carbocycles. The average molecular weight is 326 g/mol. The summed E-state index contributed by atoms with van der Waals surface area (Å²) >= 11 is 2.98. The number of benzene rings is 1. The van der Waals surface area contributed by atoms with Gasteiger partial charge in [-0.1, -0.05) is 0 Å². The van der Waals surface area contributed by atoms with Crippen molar-refractivity contribution in [3.63, 3.8) is 0 Å². The maximum atomic E-state index is 12.1. The SMILES string of the molecule is Cc1cc(C(=O)O)cc(NC(=O)C(F)(F)F)c1Br. The third kappa shape index (κ3) is 3.22. The number of aryl methyl sites for hydroxylation is 1. The van der Waals surface area contributed by atoms with Crippen LogP contribution in [0.5, 0.6) is 0 Å². The van der Waals surface area contributed by atoms with E-state index in [-0.39, 0.29) is 15.7 Å². The Kier molecular flexibility index (Phi) is 4.00. The lowest BCUT2D eigenvalue weighted by molar-refractivity contribution is -0.167. The number of rotatable bonds is 2. The van der Waals surface area contributed by atoms with Crippen molar-refractivity contribution < 1.29 is 27.9 Å². The first-order chi connectivity index (χ1) is 8.12. The van der Waals surface area contributed by atoms with Crippen molar-refractivity contribution in [2.24, 2.45) is 0 Å². The van der Waals surface area contributed by atoms with Gasteiger partial charge in [-0.25, -0.2) is 4.79 Å². The number of carbonyl (C=O) groups is 2. The number of halogens is 4. The summed E-state index contributed by atoms with van der Waals surface area (Å²) in [6.45, 7) is 1.50. The highest BCUT2D eigenvalue weighted by molar-refractivity contribution is 9.10. The minimum Gasteiger partial charge on any atom is -0.478 e. The number of amides is 1. The number of carboxylic acid groups (broad SMARTS) is 1. The summed E-state index contributed by atoms with van der Waals surface area (Å²) in [6, 6.07) is 2.22. The largest absolute Gasteiger partial charge is 0.478 e. The Morgan fingerprint density at radius 3 is 2.33 bits per heavy atom. The molecule has 0 aliphatic rings. The van der Waals surface area contributed by atoms with Crippen LogP contribution in [-0.4, -0.2) is 23.2 Å². The number of aromatic carboxylic acids is 1. The quantitative estimate of drug-likeness (QED) is 0.878. The predicted octanol–water partition coefficient (Wildman–Crippen LogP) is 2.96. The molecule has 0 atom stereocenters. The third-order valence-electron chi connectivity index (χ3n) is 2.01. The van der Waals surface area contributed by atoms with Gasteiger partial charge in [-0.05, 0) is 40.5 Å². The molecule has 0 saturated heterocycles. The highest BCUT2D eigenvalue weighted by Gasteiger charge is 2.39. The van der Waals surface area contributed by atoms with Gasteiger partial charge in [0.15, 0.2) is 0 Å². The van der Waals surface area contributed by atoms with E-state index in [0.717, 1.165) is 6.07 Å². The van der Waals surface area contributed by atoms with E-state index in [2.05, 4.69) is 15.9 Å². The van der Waals surface area contributed by atoms with Crippen LogP contribution < -0.4 is 5.32 Å². The molecular weight excluding hydrogens is 319 g/mol. The van der Waals surface area contributed by atoms with Crippen LogP contribution in [0.4, 0.5) is 18.9 Å². The topological polar surface area (TPSA) is 66.4 Å². The molecule has 0 fully saturated rings. The van der Waals surface area contributed by atoms with Crippen molar-refractivity contribution in [2.75, 3.05) is 5.32 Å². The summed E-state index contributed by atoms with van der Waals surface area (Å²) in [5.74, 6) is -3.46. The molecule has 1 aromatic rings. The second kappa shape index (κ2) is 4.97. The minimum absolute atomic E-state index is 0.199. The van der Waals surface area contributed by atoms with Crippen molar-refractivity contribution >= 4 is 33.5 Å². The number of carboxylic acids is 1.